The molecule has 5 heteroatoms. The van der Waals surface area contributed by atoms with E-state index in [-0.39, 0.29) is 12.4 Å². The minimum atomic E-state index is -0.297. The predicted molar refractivity (Wildman–Crippen MR) is 78.7 cm³/mol. The zero-order valence-electron chi connectivity index (χ0n) is 11.1. The van der Waals surface area contributed by atoms with Gasteiger partial charge in [0.2, 0.25) is 0 Å². The molecule has 20 heavy (non-hydrogen) atoms. The number of nitrogens with two attached hydrogens (primary N) is 1. The molecule has 0 spiro atoms. The number of nitrogens with zero attached hydrogens (tertiary/aromatic N) is 2. The van der Waals surface area contributed by atoms with Gasteiger partial charge in [-0.25, -0.2) is 14.4 Å². The first kappa shape index (κ1) is 14.5. The van der Waals surface area contributed by atoms with E-state index in [1.807, 2.05) is 13.0 Å². The van der Waals surface area contributed by atoms with E-state index < -0.39 is 0 Å². The average Bonchev–Trinajstić information content (AvgIpc) is 2.44. The SMILES string of the molecule is Cc1cnc(SCc2cc(F)cc(C#CCN)c2)nc1. The van der Waals surface area contributed by atoms with Crippen LogP contribution in [0.2, 0.25) is 0 Å². The maximum atomic E-state index is 13.5. The van der Waals surface area contributed by atoms with E-state index in [1.54, 1.807) is 12.4 Å². The Kier molecular flexibility index (Phi) is 5.10. The summed E-state index contributed by atoms with van der Waals surface area (Å²) in [6.07, 6.45) is 3.53. The molecule has 0 fully saturated rings. The summed E-state index contributed by atoms with van der Waals surface area (Å²) < 4.78 is 13.5. The quantitative estimate of drug-likeness (QED) is 0.535. The molecular formula is C15H14FN3S. The van der Waals surface area contributed by atoms with Crippen LogP contribution < -0.4 is 5.73 Å². The lowest BCUT2D eigenvalue weighted by molar-refractivity contribution is 0.626. The number of hydrogen-bond donors (Lipinski definition) is 1. The zero-order valence-corrected chi connectivity index (χ0v) is 11.9. The van der Waals surface area contributed by atoms with Crippen LogP contribution in [0.4, 0.5) is 4.39 Å². The van der Waals surface area contributed by atoms with Crippen LogP contribution in [-0.4, -0.2) is 16.5 Å². The number of aryl methyl sites for hydroxylation is 1. The van der Waals surface area contributed by atoms with Gasteiger partial charge in [-0.3, -0.25) is 0 Å². The van der Waals surface area contributed by atoms with Crippen molar-refractivity contribution in [1.82, 2.24) is 9.97 Å². The molecule has 0 unspecified atom stereocenters. The van der Waals surface area contributed by atoms with Crippen molar-refractivity contribution in [2.75, 3.05) is 6.54 Å². The van der Waals surface area contributed by atoms with E-state index in [2.05, 4.69) is 21.8 Å². The van der Waals surface area contributed by atoms with E-state index in [9.17, 15) is 4.39 Å². The van der Waals surface area contributed by atoms with Crippen LogP contribution >= 0.6 is 11.8 Å². The first-order valence-corrected chi connectivity index (χ1v) is 7.06. The highest BCUT2D eigenvalue weighted by Crippen LogP contribution is 2.20. The minimum Gasteiger partial charge on any atom is -0.320 e. The van der Waals surface area contributed by atoms with Crippen LogP contribution in [0.1, 0.15) is 16.7 Å². The van der Waals surface area contributed by atoms with Gasteiger partial charge >= 0.3 is 0 Å². The molecule has 0 atom stereocenters. The Balaban J connectivity index is 2.09. The average molecular weight is 287 g/mol. The Bertz CT molecular complexity index is 644. The maximum absolute atomic E-state index is 13.5. The van der Waals surface area contributed by atoms with Crippen LogP contribution in [0.15, 0.2) is 35.7 Å². The summed E-state index contributed by atoms with van der Waals surface area (Å²) in [7, 11) is 0. The van der Waals surface area contributed by atoms with E-state index in [0.717, 1.165) is 11.1 Å². The van der Waals surface area contributed by atoms with Crippen molar-refractivity contribution in [1.29, 1.82) is 0 Å². The summed E-state index contributed by atoms with van der Waals surface area (Å²) in [5.41, 5.74) is 7.81. The fourth-order valence-electron chi connectivity index (χ4n) is 1.56. The number of thioether (sulfide) groups is 1. The van der Waals surface area contributed by atoms with Crippen molar-refractivity contribution in [2.45, 2.75) is 17.8 Å². The third-order valence-electron chi connectivity index (χ3n) is 2.42. The molecule has 0 saturated carbocycles. The Hall–Kier alpha value is -1.90. The minimum absolute atomic E-state index is 0.262. The van der Waals surface area contributed by atoms with Gasteiger partial charge in [-0.05, 0) is 36.2 Å². The smallest absolute Gasteiger partial charge is 0.187 e. The summed E-state index contributed by atoms with van der Waals surface area (Å²) in [4.78, 5) is 8.40. The van der Waals surface area contributed by atoms with Crippen molar-refractivity contribution < 1.29 is 4.39 Å². The number of hydrogen-bond acceptors (Lipinski definition) is 4. The molecule has 2 aromatic rings. The van der Waals surface area contributed by atoms with Crippen molar-refractivity contribution in [3.8, 4) is 11.8 Å². The lowest BCUT2D eigenvalue weighted by Gasteiger charge is -2.02. The van der Waals surface area contributed by atoms with Crippen LogP contribution in [-0.2, 0) is 5.75 Å². The Labute approximate surface area is 121 Å². The molecule has 2 rings (SSSR count). The molecule has 1 aromatic carbocycles. The summed E-state index contributed by atoms with van der Waals surface area (Å²) in [6.45, 7) is 2.20. The van der Waals surface area contributed by atoms with E-state index >= 15 is 0 Å². The van der Waals surface area contributed by atoms with E-state index in [4.69, 9.17) is 5.73 Å². The summed E-state index contributed by atoms with van der Waals surface area (Å²) in [5.74, 6) is 5.85. The van der Waals surface area contributed by atoms with Crippen molar-refractivity contribution in [2.24, 2.45) is 5.73 Å². The second-order valence-corrected chi connectivity index (χ2v) is 5.13. The topological polar surface area (TPSA) is 51.8 Å². The molecule has 0 amide bonds. The molecule has 0 aliphatic rings. The largest absolute Gasteiger partial charge is 0.320 e. The van der Waals surface area contributed by atoms with Gasteiger partial charge in [0.25, 0.3) is 0 Å². The normalized spacial score (nSPS) is 9.95. The Morgan fingerprint density at radius 3 is 2.70 bits per heavy atom. The van der Waals surface area contributed by atoms with E-state index in [0.29, 0.717) is 16.5 Å². The van der Waals surface area contributed by atoms with Gasteiger partial charge in [-0.1, -0.05) is 23.6 Å². The first-order valence-electron chi connectivity index (χ1n) is 6.07. The van der Waals surface area contributed by atoms with Gasteiger partial charge in [-0.15, -0.1) is 0 Å². The van der Waals surface area contributed by atoms with Crippen LogP contribution in [0.5, 0.6) is 0 Å². The van der Waals surface area contributed by atoms with Gasteiger partial charge in [0, 0.05) is 23.7 Å². The number of halogens is 1. The van der Waals surface area contributed by atoms with Gasteiger partial charge in [0.05, 0.1) is 6.54 Å². The first-order chi connectivity index (χ1) is 9.67. The Morgan fingerprint density at radius 1 is 1.25 bits per heavy atom. The third-order valence-corrected chi connectivity index (χ3v) is 3.36. The summed E-state index contributed by atoms with van der Waals surface area (Å²) in [5, 5.41) is 0.675. The van der Waals surface area contributed by atoms with Crippen LogP contribution in [0.25, 0.3) is 0 Å². The van der Waals surface area contributed by atoms with Crippen molar-refractivity contribution >= 4 is 11.8 Å². The van der Waals surface area contributed by atoms with Crippen LogP contribution in [0, 0.1) is 24.6 Å². The van der Waals surface area contributed by atoms with Gasteiger partial charge < -0.3 is 5.73 Å². The van der Waals surface area contributed by atoms with Crippen LogP contribution in [0.3, 0.4) is 0 Å². The second kappa shape index (κ2) is 7.04. The molecule has 3 nitrogen and oxygen atoms in total. The zero-order chi connectivity index (χ0) is 14.4. The lowest BCUT2D eigenvalue weighted by atomic mass is 10.1. The molecule has 0 aliphatic carbocycles. The number of aromatic nitrogens is 2. The highest BCUT2D eigenvalue weighted by atomic mass is 32.2. The molecule has 0 bridgehead atoms. The fraction of sp³-hybridized carbons (Fsp3) is 0.200. The lowest BCUT2D eigenvalue weighted by Crippen LogP contribution is -1.94. The Morgan fingerprint density at radius 2 is 2.00 bits per heavy atom. The second-order valence-electron chi connectivity index (χ2n) is 4.19. The molecule has 102 valence electrons. The maximum Gasteiger partial charge on any atom is 0.187 e. The van der Waals surface area contributed by atoms with Crippen molar-refractivity contribution in [3.63, 3.8) is 0 Å². The molecule has 0 aliphatic heterocycles. The molecule has 1 aromatic heterocycles. The molecule has 0 saturated heterocycles. The molecule has 2 N–H and O–H groups in total. The highest BCUT2D eigenvalue weighted by molar-refractivity contribution is 7.98. The van der Waals surface area contributed by atoms with Crippen molar-refractivity contribution in [3.05, 3.63) is 53.1 Å². The molecular weight excluding hydrogens is 273 g/mol. The summed E-state index contributed by atoms with van der Waals surface area (Å²) in [6, 6.07) is 4.75. The number of benzene rings is 1. The monoisotopic (exact) mass is 287 g/mol. The van der Waals surface area contributed by atoms with Gasteiger partial charge in [0.15, 0.2) is 5.16 Å². The molecule has 1 heterocycles. The summed E-state index contributed by atoms with van der Waals surface area (Å²) >= 11 is 1.46. The third kappa shape index (κ3) is 4.34. The fourth-order valence-corrected chi connectivity index (χ4v) is 2.28. The highest BCUT2D eigenvalue weighted by Gasteiger charge is 2.02. The predicted octanol–water partition coefficient (Wildman–Crippen LogP) is 2.53. The molecule has 0 radical (unpaired) electrons. The number of rotatable bonds is 3. The standard InChI is InChI=1S/C15H14FN3S/c1-11-8-18-15(19-9-11)20-10-13-5-12(3-2-4-17)6-14(16)7-13/h5-9H,4,10,17H2,1H3. The van der Waals surface area contributed by atoms with E-state index in [1.165, 1.54) is 23.9 Å². The van der Waals surface area contributed by atoms with Gasteiger partial charge in [-0.2, -0.15) is 0 Å². The van der Waals surface area contributed by atoms with Gasteiger partial charge in [0.1, 0.15) is 5.82 Å².